The van der Waals surface area contributed by atoms with Crippen LogP contribution in [0.5, 0.6) is 0 Å². The van der Waals surface area contributed by atoms with Crippen molar-refractivity contribution in [2.45, 2.75) is 12.5 Å². The Morgan fingerprint density at radius 2 is 2.12 bits per heavy atom. The van der Waals surface area contributed by atoms with Gasteiger partial charge in [-0.1, -0.05) is 18.2 Å². The molecule has 16 heavy (non-hydrogen) atoms. The highest BCUT2D eigenvalue weighted by Gasteiger charge is 2.11. The lowest BCUT2D eigenvalue weighted by atomic mass is 10.0. The van der Waals surface area contributed by atoms with Crippen LogP contribution in [-0.2, 0) is 6.42 Å². The molecule has 0 aliphatic heterocycles. The second-order valence-corrected chi connectivity index (χ2v) is 5.88. The first kappa shape index (κ1) is 11.8. The molecule has 1 nitrogen and oxygen atoms in total. The fourth-order valence-corrected chi connectivity index (χ4v) is 2.78. The van der Waals surface area contributed by atoms with E-state index in [9.17, 15) is 4.39 Å². The highest BCUT2D eigenvalue weighted by Crippen LogP contribution is 2.26. The zero-order chi connectivity index (χ0) is 11.5. The fraction of sp³-hybridized carbons (Fsp3) is 0.167. The van der Waals surface area contributed by atoms with E-state index >= 15 is 0 Å². The van der Waals surface area contributed by atoms with Gasteiger partial charge in [-0.2, -0.15) is 0 Å². The van der Waals surface area contributed by atoms with E-state index in [1.807, 2.05) is 17.5 Å². The van der Waals surface area contributed by atoms with E-state index in [1.165, 1.54) is 6.07 Å². The number of rotatable bonds is 3. The van der Waals surface area contributed by atoms with Gasteiger partial charge in [-0.3, -0.25) is 0 Å². The van der Waals surface area contributed by atoms with Gasteiger partial charge in [0.05, 0.1) is 3.79 Å². The molecule has 0 saturated carbocycles. The molecule has 1 aromatic heterocycles. The number of hydrogen-bond donors (Lipinski definition) is 1. The second kappa shape index (κ2) is 5.08. The molecular formula is C12H11BrFNS. The van der Waals surface area contributed by atoms with Crippen molar-refractivity contribution in [2.24, 2.45) is 5.73 Å². The van der Waals surface area contributed by atoms with E-state index < -0.39 is 0 Å². The lowest BCUT2D eigenvalue weighted by molar-refractivity contribution is 0.593. The molecule has 2 aromatic rings. The third-order valence-electron chi connectivity index (χ3n) is 2.41. The van der Waals surface area contributed by atoms with Gasteiger partial charge < -0.3 is 5.73 Å². The Morgan fingerprint density at radius 3 is 2.75 bits per heavy atom. The molecule has 1 aromatic carbocycles. The molecule has 1 unspecified atom stereocenters. The summed E-state index contributed by atoms with van der Waals surface area (Å²) in [5.74, 6) is -0.188. The quantitative estimate of drug-likeness (QED) is 0.914. The van der Waals surface area contributed by atoms with Crippen molar-refractivity contribution in [1.29, 1.82) is 0 Å². The first-order chi connectivity index (χ1) is 7.66. The van der Waals surface area contributed by atoms with Gasteiger partial charge in [0.2, 0.25) is 0 Å². The molecule has 0 aliphatic rings. The fourth-order valence-electron chi connectivity index (χ4n) is 1.54. The summed E-state index contributed by atoms with van der Waals surface area (Å²) in [5.41, 5.74) is 7.73. The topological polar surface area (TPSA) is 26.0 Å². The van der Waals surface area contributed by atoms with Crippen molar-refractivity contribution in [2.75, 3.05) is 0 Å². The minimum Gasteiger partial charge on any atom is -0.324 e. The molecular weight excluding hydrogens is 289 g/mol. The summed E-state index contributed by atoms with van der Waals surface area (Å²) in [6.07, 6.45) is 0.524. The summed E-state index contributed by atoms with van der Waals surface area (Å²) in [5, 5.41) is 2.00. The zero-order valence-electron chi connectivity index (χ0n) is 8.49. The number of benzene rings is 1. The van der Waals surface area contributed by atoms with Crippen molar-refractivity contribution >= 4 is 27.3 Å². The number of nitrogens with two attached hydrogens (primary N) is 1. The predicted molar refractivity (Wildman–Crippen MR) is 69.1 cm³/mol. The van der Waals surface area contributed by atoms with Crippen molar-refractivity contribution in [3.8, 4) is 0 Å². The van der Waals surface area contributed by atoms with Crippen LogP contribution >= 0.6 is 27.3 Å². The minimum atomic E-state index is -0.188. The molecule has 0 spiro atoms. The Labute approximate surface area is 106 Å². The molecule has 0 saturated heterocycles. The normalized spacial score (nSPS) is 12.7. The lowest BCUT2D eigenvalue weighted by Gasteiger charge is -2.10. The smallest absolute Gasteiger partial charge is 0.126 e. The van der Waals surface area contributed by atoms with Crippen LogP contribution in [0.4, 0.5) is 4.39 Å². The largest absolute Gasteiger partial charge is 0.324 e. The Kier molecular flexibility index (Phi) is 3.74. The van der Waals surface area contributed by atoms with Crippen molar-refractivity contribution < 1.29 is 4.39 Å². The van der Waals surface area contributed by atoms with E-state index in [-0.39, 0.29) is 11.9 Å². The summed E-state index contributed by atoms with van der Waals surface area (Å²) in [6, 6.07) is 8.58. The molecule has 0 aliphatic carbocycles. The van der Waals surface area contributed by atoms with E-state index in [0.29, 0.717) is 12.0 Å². The van der Waals surface area contributed by atoms with E-state index in [1.54, 1.807) is 23.5 Å². The Hall–Kier alpha value is -0.710. The summed E-state index contributed by atoms with van der Waals surface area (Å²) >= 11 is 4.98. The lowest BCUT2D eigenvalue weighted by Crippen LogP contribution is -2.13. The summed E-state index contributed by atoms with van der Waals surface area (Å²) in [7, 11) is 0. The van der Waals surface area contributed by atoms with Crippen LogP contribution in [0, 0.1) is 5.82 Å². The summed E-state index contributed by atoms with van der Waals surface area (Å²) in [4.78, 5) is 0. The van der Waals surface area contributed by atoms with Crippen molar-refractivity contribution in [1.82, 2.24) is 0 Å². The molecule has 0 amide bonds. The SMILES string of the molecule is NC(Cc1ccccc1F)c1csc(Br)c1. The number of hydrogen-bond acceptors (Lipinski definition) is 2. The first-order valence-electron chi connectivity index (χ1n) is 4.89. The van der Waals surface area contributed by atoms with Crippen LogP contribution in [0.3, 0.4) is 0 Å². The average molecular weight is 300 g/mol. The molecule has 4 heteroatoms. The van der Waals surface area contributed by atoms with Gasteiger partial charge in [0.15, 0.2) is 0 Å². The van der Waals surface area contributed by atoms with Crippen molar-refractivity contribution in [3.05, 3.63) is 56.4 Å². The highest BCUT2D eigenvalue weighted by molar-refractivity contribution is 9.11. The maximum Gasteiger partial charge on any atom is 0.126 e. The van der Waals surface area contributed by atoms with E-state index in [0.717, 1.165) is 9.35 Å². The maximum absolute atomic E-state index is 13.4. The Morgan fingerprint density at radius 1 is 1.38 bits per heavy atom. The van der Waals surface area contributed by atoms with Gasteiger partial charge in [0, 0.05) is 6.04 Å². The molecule has 2 N–H and O–H groups in total. The van der Waals surface area contributed by atoms with Gasteiger partial charge in [0.1, 0.15) is 5.82 Å². The monoisotopic (exact) mass is 299 g/mol. The third-order valence-corrected chi connectivity index (χ3v) is 3.94. The molecule has 1 heterocycles. The first-order valence-corrected chi connectivity index (χ1v) is 6.57. The van der Waals surface area contributed by atoms with Crippen molar-refractivity contribution in [3.63, 3.8) is 0 Å². The van der Waals surface area contributed by atoms with E-state index in [4.69, 9.17) is 5.73 Å². The van der Waals surface area contributed by atoms with Gasteiger partial charge >= 0.3 is 0 Å². The van der Waals surface area contributed by atoms with Gasteiger partial charge in [-0.25, -0.2) is 4.39 Å². The van der Waals surface area contributed by atoms with Gasteiger partial charge in [0.25, 0.3) is 0 Å². The number of thiophene rings is 1. The Balaban J connectivity index is 2.13. The maximum atomic E-state index is 13.4. The van der Waals surface area contributed by atoms with Crippen LogP contribution in [0.25, 0.3) is 0 Å². The van der Waals surface area contributed by atoms with Crippen LogP contribution in [-0.4, -0.2) is 0 Å². The molecule has 1 atom stereocenters. The zero-order valence-corrected chi connectivity index (χ0v) is 10.9. The van der Waals surface area contributed by atoms with Gasteiger partial charge in [-0.15, -0.1) is 11.3 Å². The standard InChI is InChI=1S/C12H11BrFNS/c13-12-6-9(7-16-12)11(15)5-8-3-1-2-4-10(8)14/h1-4,6-7,11H,5,15H2. The molecule has 84 valence electrons. The Bertz CT molecular complexity index is 483. The third kappa shape index (κ3) is 2.70. The summed E-state index contributed by atoms with van der Waals surface area (Å²) in [6.45, 7) is 0. The van der Waals surface area contributed by atoms with Crippen LogP contribution in [0.2, 0.25) is 0 Å². The predicted octanol–water partition coefficient (Wildman–Crippen LogP) is 3.89. The minimum absolute atomic E-state index is 0.153. The second-order valence-electron chi connectivity index (χ2n) is 3.59. The van der Waals surface area contributed by atoms with Gasteiger partial charge in [-0.05, 0) is 51.0 Å². The van der Waals surface area contributed by atoms with Crippen LogP contribution in [0.15, 0.2) is 39.5 Å². The summed E-state index contributed by atoms with van der Waals surface area (Å²) < 4.78 is 14.5. The van der Waals surface area contributed by atoms with E-state index in [2.05, 4.69) is 15.9 Å². The molecule has 0 radical (unpaired) electrons. The molecule has 0 fully saturated rings. The van der Waals surface area contributed by atoms with Crippen LogP contribution < -0.4 is 5.73 Å². The number of halogens is 2. The van der Waals surface area contributed by atoms with Crippen LogP contribution in [0.1, 0.15) is 17.2 Å². The highest BCUT2D eigenvalue weighted by atomic mass is 79.9. The molecule has 0 bridgehead atoms. The average Bonchev–Trinajstić information content (AvgIpc) is 2.68. The molecule has 2 rings (SSSR count).